The van der Waals surface area contributed by atoms with Gasteiger partial charge < -0.3 is 4.74 Å². The van der Waals surface area contributed by atoms with Crippen molar-refractivity contribution in [1.82, 2.24) is 14.9 Å². The quantitative estimate of drug-likeness (QED) is 0.236. The van der Waals surface area contributed by atoms with Crippen LogP contribution in [0.4, 0.5) is 0 Å². The molecular formula is C24H23ClN4OS. The average molecular weight is 451 g/mol. The number of hydrogen-bond donors (Lipinski definition) is 0. The maximum Gasteiger partial charge on any atom is 0.212 e. The molecule has 0 unspecified atom stereocenters. The van der Waals surface area contributed by atoms with Crippen LogP contribution in [0.3, 0.4) is 0 Å². The number of rotatable bonds is 8. The highest BCUT2D eigenvalue weighted by Gasteiger charge is 2.13. The maximum absolute atomic E-state index is 6.00. The molecule has 4 rings (SSSR count). The predicted octanol–water partition coefficient (Wildman–Crippen LogP) is 6.22. The van der Waals surface area contributed by atoms with Crippen LogP contribution in [0.1, 0.15) is 30.3 Å². The molecule has 1 aromatic heterocycles. The first-order valence-electron chi connectivity index (χ1n) is 10.1. The molecule has 0 fully saturated rings. The molecule has 1 heterocycles. The summed E-state index contributed by atoms with van der Waals surface area (Å²) in [5, 5.41) is 17.3. The van der Waals surface area contributed by atoms with E-state index in [9.17, 15) is 0 Å². The summed E-state index contributed by atoms with van der Waals surface area (Å²) in [6.07, 6.45) is 3.61. The third-order valence-electron chi connectivity index (χ3n) is 4.88. The molecule has 5 nitrogen and oxygen atoms in total. The molecule has 0 saturated carbocycles. The van der Waals surface area contributed by atoms with Crippen molar-refractivity contribution >= 4 is 40.3 Å². The van der Waals surface area contributed by atoms with Crippen LogP contribution in [-0.4, -0.2) is 28.2 Å². The molecule has 4 aromatic rings. The number of halogens is 1. The van der Waals surface area contributed by atoms with Crippen molar-refractivity contribution in [1.29, 1.82) is 0 Å². The number of hydrogen-bond acceptors (Lipinski definition) is 5. The second-order valence-electron chi connectivity index (χ2n) is 7.02. The molecule has 3 aromatic carbocycles. The van der Waals surface area contributed by atoms with Gasteiger partial charge in [0.05, 0.1) is 13.3 Å². The summed E-state index contributed by atoms with van der Waals surface area (Å²) in [6.45, 7) is 2.12. The van der Waals surface area contributed by atoms with E-state index in [-0.39, 0.29) is 0 Å². The summed E-state index contributed by atoms with van der Waals surface area (Å²) in [6, 6.07) is 20.1. The van der Waals surface area contributed by atoms with Crippen molar-refractivity contribution in [2.45, 2.75) is 30.7 Å². The van der Waals surface area contributed by atoms with Crippen LogP contribution < -0.4 is 4.74 Å². The topological polar surface area (TPSA) is 52.3 Å². The van der Waals surface area contributed by atoms with Crippen LogP contribution in [0.5, 0.6) is 5.75 Å². The number of aryl methyl sites for hydroxylation is 1. The first kappa shape index (κ1) is 21.4. The van der Waals surface area contributed by atoms with Gasteiger partial charge in [-0.15, -0.1) is 10.2 Å². The normalized spacial score (nSPS) is 11.5. The highest BCUT2D eigenvalue weighted by atomic mass is 35.5. The van der Waals surface area contributed by atoms with E-state index in [2.05, 4.69) is 35.3 Å². The summed E-state index contributed by atoms with van der Waals surface area (Å²) < 4.78 is 7.44. The van der Waals surface area contributed by atoms with Crippen molar-refractivity contribution in [3.05, 3.63) is 82.6 Å². The summed E-state index contributed by atoms with van der Waals surface area (Å²) in [4.78, 5) is 0. The zero-order valence-electron chi connectivity index (χ0n) is 17.5. The van der Waals surface area contributed by atoms with Gasteiger partial charge in [-0.1, -0.05) is 72.8 Å². The third-order valence-corrected chi connectivity index (χ3v) is 6.13. The van der Waals surface area contributed by atoms with E-state index >= 15 is 0 Å². The molecule has 0 bridgehead atoms. The van der Waals surface area contributed by atoms with Crippen LogP contribution in [0.15, 0.2) is 70.9 Å². The van der Waals surface area contributed by atoms with Gasteiger partial charge >= 0.3 is 0 Å². The van der Waals surface area contributed by atoms with E-state index in [4.69, 9.17) is 21.4 Å². The van der Waals surface area contributed by atoms with Crippen molar-refractivity contribution in [2.75, 3.05) is 7.11 Å². The van der Waals surface area contributed by atoms with Gasteiger partial charge in [-0.25, -0.2) is 0 Å². The fraction of sp³-hybridized carbons (Fsp3) is 0.208. The molecule has 0 aliphatic heterocycles. The van der Waals surface area contributed by atoms with E-state index in [1.807, 2.05) is 53.4 Å². The van der Waals surface area contributed by atoms with Gasteiger partial charge in [-0.2, -0.15) is 9.78 Å². The Morgan fingerprint density at radius 3 is 2.65 bits per heavy atom. The highest BCUT2D eigenvalue weighted by molar-refractivity contribution is 7.98. The SMILES string of the molecule is CCCc1nnc(SCc2ccc(Cl)cc2)n1/N=C/c1c(OC)ccc2ccccc12. The lowest BCUT2D eigenvalue weighted by Crippen LogP contribution is -2.01. The Morgan fingerprint density at radius 2 is 1.87 bits per heavy atom. The summed E-state index contributed by atoms with van der Waals surface area (Å²) in [5.74, 6) is 2.38. The molecule has 7 heteroatoms. The predicted molar refractivity (Wildman–Crippen MR) is 129 cm³/mol. The van der Waals surface area contributed by atoms with Crippen molar-refractivity contribution in [2.24, 2.45) is 5.10 Å². The number of thioether (sulfide) groups is 1. The van der Waals surface area contributed by atoms with Crippen molar-refractivity contribution in [3.8, 4) is 5.75 Å². The van der Waals surface area contributed by atoms with E-state index < -0.39 is 0 Å². The Hall–Kier alpha value is -2.83. The van der Waals surface area contributed by atoms with Gasteiger partial charge in [0.25, 0.3) is 0 Å². The van der Waals surface area contributed by atoms with Gasteiger partial charge in [0, 0.05) is 22.8 Å². The summed E-state index contributed by atoms with van der Waals surface area (Å²) >= 11 is 7.60. The van der Waals surface area contributed by atoms with E-state index in [1.165, 1.54) is 5.56 Å². The fourth-order valence-electron chi connectivity index (χ4n) is 3.31. The molecule has 0 aliphatic carbocycles. The molecule has 0 saturated heterocycles. The number of ether oxygens (including phenoxy) is 1. The molecule has 0 N–H and O–H groups in total. The Morgan fingerprint density at radius 1 is 1.06 bits per heavy atom. The molecule has 0 atom stereocenters. The second kappa shape index (κ2) is 9.98. The molecular weight excluding hydrogens is 428 g/mol. The minimum Gasteiger partial charge on any atom is -0.496 e. The van der Waals surface area contributed by atoms with Gasteiger partial charge in [0.1, 0.15) is 5.75 Å². The molecule has 0 spiro atoms. The van der Waals surface area contributed by atoms with Crippen LogP contribution in [-0.2, 0) is 12.2 Å². The maximum atomic E-state index is 6.00. The Kier molecular flexibility index (Phi) is 6.89. The van der Waals surface area contributed by atoms with Gasteiger partial charge in [-0.3, -0.25) is 0 Å². The Labute approximate surface area is 191 Å². The van der Waals surface area contributed by atoms with Crippen LogP contribution >= 0.6 is 23.4 Å². The molecule has 0 radical (unpaired) electrons. The average Bonchev–Trinajstić information content (AvgIpc) is 3.18. The largest absolute Gasteiger partial charge is 0.496 e. The minimum atomic E-state index is 0.732. The lowest BCUT2D eigenvalue weighted by molar-refractivity contribution is 0.415. The fourth-order valence-corrected chi connectivity index (χ4v) is 4.30. The number of benzene rings is 3. The zero-order valence-corrected chi connectivity index (χ0v) is 19.0. The third kappa shape index (κ3) is 4.92. The lowest BCUT2D eigenvalue weighted by atomic mass is 10.0. The summed E-state index contributed by atoms with van der Waals surface area (Å²) in [5.41, 5.74) is 2.10. The molecule has 31 heavy (non-hydrogen) atoms. The number of aromatic nitrogens is 3. The first-order chi connectivity index (χ1) is 15.2. The van der Waals surface area contributed by atoms with Gasteiger partial charge in [0.2, 0.25) is 5.16 Å². The molecule has 0 aliphatic rings. The van der Waals surface area contributed by atoms with Crippen molar-refractivity contribution in [3.63, 3.8) is 0 Å². The first-order valence-corrected chi connectivity index (χ1v) is 11.5. The monoisotopic (exact) mass is 450 g/mol. The summed E-state index contributed by atoms with van der Waals surface area (Å²) in [7, 11) is 1.68. The van der Waals surface area contributed by atoms with Crippen LogP contribution in [0.2, 0.25) is 5.02 Å². The number of fused-ring (bicyclic) bond motifs is 1. The molecule has 0 amide bonds. The second-order valence-corrected chi connectivity index (χ2v) is 8.40. The van der Waals surface area contributed by atoms with Gasteiger partial charge in [-0.05, 0) is 41.0 Å². The Bertz CT molecular complexity index is 1200. The highest BCUT2D eigenvalue weighted by Crippen LogP contribution is 2.27. The minimum absolute atomic E-state index is 0.732. The van der Waals surface area contributed by atoms with Crippen LogP contribution in [0.25, 0.3) is 10.8 Å². The van der Waals surface area contributed by atoms with E-state index in [0.29, 0.717) is 0 Å². The van der Waals surface area contributed by atoms with E-state index in [1.54, 1.807) is 18.9 Å². The van der Waals surface area contributed by atoms with Crippen molar-refractivity contribution < 1.29 is 4.74 Å². The Balaban J connectivity index is 1.67. The van der Waals surface area contributed by atoms with Crippen LogP contribution in [0, 0.1) is 0 Å². The zero-order chi connectivity index (χ0) is 21.6. The standard InChI is InChI=1S/C24H23ClN4OS/c1-3-6-23-27-28-24(31-16-17-9-12-19(25)13-10-17)29(23)26-15-21-20-8-5-4-7-18(20)11-14-22(21)30-2/h4-5,7-15H,3,6,16H2,1-2H3/b26-15+. The lowest BCUT2D eigenvalue weighted by Gasteiger charge is -2.09. The number of nitrogens with zero attached hydrogens (tertiary/aromatic N) is 4. The number of methoxy groups -OCH3 is 1. The van der Waals surface area contributed by atoms with E-state index in [0.717, 1.165) is 56.7 Å². The molecule has 158 valence electrons. The smallest absolute Gasteiger partial charge is 0.212 e. The van der Waals surface area contributed by atoms with Gasteiger partial charge in [0.15, 0.2) is 5.82 Å².